The van der Waals surface area contributed by atoms with Gasteiger partial charge in [-0.05, 0) is 55.4 Å². The highest BCUT2D eigenvalue weighted by molar-refractivity contribution is 5.70. The lowest BCUT2D eigenvalue weighted by Crippen LogP contribution is -2.63. The second kappa shape index (κ2) is 11.1. The molecule has 1 aliphatic heterocycles. The highest BCUT2D eigenvalue weighted by Gasteiger charge is 2.72. The Morgan fingerprint density at radius 1 is 1.16 bits per heavy atom. The normalized spacial score (nSPS) is 37.2. The van der Waals surface area contributed by atoms with Gasteiger partial charge in [-0.2, -0.15) is 0 Å². The number of carbonyl (C=O) groups excluding carboxylic acids is 3. The Hall–Kier alpha value is -2.45. The molecule has 0 aromatic heterocycles. The van der Waals surface area contributed by atoms with Crippen molar-refractivity contribution in [1.82, 2.24) is 0 Å². The number of carbonyl (C=O) groups is 3. The molecule has 1 heterocycles. The van der Waals surface area contributed by atoms with E-state index in [1.807, 2.05) is 20.8 Å². The first-order valence-corrected chi connectivity index (χ1v) is 13.1. The van der Waals surface area contributed by atoms with E-state index in [1.165, 1.54) is 13.8 Å². The largest absolute Gasteiger partial charge is 0.461 e. The van der Waals surface area contributed by atoms with Gasteiger partial charge in [-0.25, -0.2) is 0 Å². The van der Waals surface area contributed by atoms with Crippen LogP contribution in [0.5, 0.6) is 0 Å². The molecule has 2 fully saturated rings. The second-order valence-corrected chi connectivity index (χ2v) is 11.5. The Kier molecular flexibility index (Phi) is 8.75. The van der Waals surface area contributed by atoms with Gasteiger partial charge in [0.1, 0.15) is 11.5 Å². The Morgan fingerprint density at radius 3 is 2.38 bits per heavy atom. The first-order valence-electron chi connectivity index (χ1n) is 13.1. The minimum Gasteiger partial charge on any atom is -0.461 e. The van der Waals surface area contributed by atoms with Crippen LogP contribution in [0.15, 0.2) is 36.0 Å². The van der Waals surface area contributed by atoms with Crippen molar-refractivity contribution in [2.45, 2.75) is 98.9 Å². The molecular weight excluding hydrogens is 476 g/mol. The van der Waals surface area contributed by atoms with E-state index in [4.69, 9.17) is 18.9 Å². The maximum atomic E-state index is 13.0. The fourth-order valence-corrected chi connectivity index (χ4v) is 6.46. The lowest BCUT2D eigenvalue weighted by Gasteiger charge is -2.60. The summed E-state index contributed by atoms with van der Waals surface area (Å²) < 4.78 is 23.6. The Balaban J connectivity index is 2.24. The number of aliphatic hydroxyl groups is 1. The van der Waals surface area contributed by atoms with Crippen LogP contribution in [0, 0.1) is 28.6 Å². The minimum absolute atomic E-state index is 0.0751. The maximum absolute atomic E-state index is 13.0. The van der Waals surface area contributed by atoms with E-state index in [0.29, 0.717) is 24.8 Å². The van der Waals surface area contributed by atoms with Crippen LogP contribution in [-0.2, 0) is 33.3 Å². The van der Waals surface area contributed by atoms with Gasteiger partial charge in [0.25, 0.3) is 0 Å². The van der Waals surface area contributed by atoms with Crippen molar-refractivity contribution >= 4 is 17.9 Å². The molecule has 37 heavy (non-hydrogen) atoms. The van der Waals surface area contributed by atoms with E-state index >= 15 is 0 Å². The van der Waals surface area contributed by atoms with Crippen LogP contribution in [0.2, 0.25) is 0 Å². The predicted octanol–water partition coefficient (Wildman–Crippen LogP) is 4.62. The van der Waals surface area contributed by atoms with Gasteiger partial charge in [-0.1, -0.05) is 52.0 Å². The van der Waals surface area contributed by atoms with Crippen molar-refractivity contribution in [3.8, 4) is 0 Å². The minimum atomic E-state index is -1.17. The maximum Gasteiger partial charge on any atom is 0.306 e. The van der Waals surface area contributed by atoms with E-state index in [9.17, 15) is 19.5 Å². The molecule has 2 aliphatic carbocycles. The molecule has 8 atom stereocenters. The molecule has 0 radical (unpaired) electrons. The average molecular weight is 519 g/mol. The molecule has 0 unspecified atom stereocenters. The number of esters is 3. The van der Waals surface area contributed by atoms with Crippen LogP contribution < -0.4 is 0 Å². The zero-order valence-corrected chi connectivity index (χ0v) is 23.1. The summed E-state index contributed by atoms with van der Waals surface area (Å²) >= 11 is 0. The van der Waals surface area contributed by atoms with Crippen molar-refractivity contribution in [2.75, 3.05) is 0 Å². The molecule has 8 heteroatoms. The van der Waals surface area contributed by atoms with Gasteiger partial charge in [0, 0.05) is 25.8 Å². The molecule has 0 aromatic carbocycles. The van der Waals surface area contributed by atoms with Gasteiger partial charge in [0.05, 0.1) is 6.10 Å². The van der Waals surface area contributed by atoms with Crippen molar-refractivity contribution in [1.29, 1.82) is 0 Å². The van der Waals surface area contributed by atoms with Gasteiger partial charge < -0.3 is 19.3 Å². The summed E-state index contributed by atoms with van der Waals surface area (Å²) in [6.07, 6.45) is 3.38. The third kappa shape index (κ3) is 5.55. The molecule has 206 valence electrons. The van der Waals surface area contributed by atoms with Gasteiger partial charge in [-0.15, -0.1) is 0 Å². The molecule has 1 spiro atoms. The van der Waals surface area contributed by atoms with Gasteiger partial charge >= 0.3 is 17.9 Å². The standard InChI is InChI=1S/C29H42O8/c1-9-17(4)10-11-28(8)18(5)13-24(36-25(33)12-16(2)3)29-22(14-21(32)15-23(28)29)26(34-19(6)30)37-27(29)35-20(7)31/h9-10,14,16,18,21,23-24,26-27,32H,1,11-13,15H2,2-8H3/b17-10+/t18-,21+,23+,24+,26+,27-,28-,29-/m1/s1. The fraction of sp³-hybridized carbons (Fsp3) is 0.690. The predicted molar refractivity (Wildman–Crippen MR) is 137 cm³/mol. The number of hydrogen-bond donors (Lipinski definition) is 1. The second-order valence-electron chi connectivity index (χ2n) is 11.5. The molecule has 0 aromatic rings. The number of ether oxygens (including phenoxy) is 4. The van der Waals surface area contributed by atoms with E-state index in [1.54, 1.807) is 12.2 Å². The van der Waals surface area contributed by atoms with Crippen LogP contribution in [0.3, 0.4) is 0 Å². The average Bonchev–Trinajstić information content (AvgIpc) is 3.06. The first-order chi connectivity index (χ1) is 17.2. The summed E-state index contributed by atoms with van der Waals surface area (Å²) in [5, 5.41) is 11.0. The lowest BCUT2D eigenvalue weighted by atomic mass is 9.45. The van der Waals surface area contributed by atoms with Gasteiger partial charge in [-0.3, -0.25) is 19.1 Å². The molecule has 0 amide bonds. The summed E-state index contributed by atoms with van der Waals surface area (Å²) in [7, 11) is 0. The number of rotatable bonds is 8. The zero-order chi connectivity index (χ0) is 27.7. The van der Waals surface area contributed by atoms with Gasteiger partial charge in [0.15, 0.2) is 0 Å². The molecule has 8 nitrogen and oxygen atoms in total. The molecule has 0 bridgehead atoms. The topological polar surface area (TPSA) is 108 Å². The lowest BCUT2D eigenvalue weighted by molar-refractivity contribution is -0.257. The number of hydrogen-bond acceptors (Lipinski definition) is 8. The Labute approximate surface area is 220 Å². The van der Waals surface area contributed by atoms with Crippen LogP contribution in [0.25, 0.3) is 0 Å². The van der Waals surface area contributed by atoms with Crippen LogP contribution in [-0.4, -0.2) is 47.8 Å². The summed E-state index contributed by atoms with van der Waals surface area (Å²) in [6.45, 7) is 16.6. The fourth-order valence-electron chi connectivity index (χ4n) is 6.46. The van der Waals surface area contributed by atoms with Crippen LogP contribution in [0.4, 0.5) is 0 Å². The Morgan fingerprint density at radius 2 is 1.81 bits per heavy atom. The van der Waals surface area contributed by atoms with Crippen molar-refractivity contribution in [3.05, 3.63) is 36.0 Å². The van der Waals surface area contributed by atoms with Crippen molar-refractivity contribution in [3.63, 3.8) is 0 Å². The van der Waals surface area contributed by atoms with Crippen molar-refractivity contribution in [2.24, 2.45) is 28.6 Å². The SMILES string of the molecule is C=C/C(C)=C/C[C@]1(C)[C@H](C)C[C@H](OC(=O)CC(C)C)[C@@]23C(=C[C@H](O)C[C@@H]12)[C@@H](OC(C)=O)O[C@H]3OC(C)=O. The highest BCUT2D eigenvalue weighted by Crippen LogP contribution is 2.67. The monoisotopic (exact) mass is 518 g/mol. The van der Waals surface area contributed by atoms with Gasteiger partial charge in [0.2, 0.25) is 12.6 Å². The van der Waals surface area contributed by atoms with E-state index < -0.39 is 47.6 Å². The third-order valence-corrected chi connectivity index (χ3v) is 8.42. The Bertz CT molecular complexity index is 980. The van der Waals surface area contributed by atoms with E-state index in [-0.39, 0.29) is 30.1 Å². The quantitative estimate of drug-likeness (QED) is 0.215. The molecular formula is C29H42O8. The molecule has 1 saturated heterocycles. The first kappa shape index (κ1) is 29.1. The van der Waals surface area contributed by atoms with Crippen LogP contribution >= 0.6 is 0 Å². The number of aliphatic hydroxyl groups excluding tert-OH is 1. The zero-order valence-electron chi connectivity index (χ0n) is 23.1. The molecule has 3 rings (SSSR count). The summed E-state index contributed by atoms with van der Waals surface area (Å²) in [5.41, 5.74) is -0.0207. The van der Waals surface area contributed by atoms with E-state index in [0.717, 1.165) is 5.57 Å². The van der Waals surface area contributed by atoms with Crippen molar-refractivity contribution < 1.29 is 38.4 Å². The molecule has 3 aliphatic rings. The smallest absolute Gasteiger partial charge is 0.306 e. The third-order valence-electron chi connectivity index (χ3n) is 8.42. The molecule has 1 saturated carbocycles. The number of allylic oxidation sites excluding steroid dienone is 3. The van der Waals surface area contributed by atoms with Crippen LogP contribution in [0.1, 0.15) is 74.1 Å². The summed E-state index contributed by atoms with van der Waals surface area (Å²) in [4.78, 5) is 37.3. The van der Waals surface area contributed by atoms with E-state index in [2.05, 4.69) is 26.5 Å². The summed E-state index contributed by atoms with van der Waals surface area (Å²) in [5.74, 6) is -1.65. The highest BCUT2D eigenvalue weighted by atomic mass is 16.8. The summed E-state index contributed by atoms with van der Waals surface area (Å²) in [6, 6.07) is 0. The molecule has 1 N–H and O–H groups in total.